The lowest BCUT2D eigenvalue weighted by Gasteiger charge is -2.34. The van der Waals surface area contributed by atoms with Gasteiger partial charge in [-0.3, -0.25) is 0 Å². The molecule has 2 fully saturated rings. The second-order valence-corrected chi connectivity index (χ2v) is 9.75. The summed E-state index contributed by atoms with van der Waals surface area (Å²) in [6, 6.07) is 4.81. The van der Waals surface area contributed by atoms with Crippen LogP contribution in [0.4, 0.5) is 20.5 Å². The number of benzene rings is 1. The van der Waals surface area contributed by atoms with Crippen molar-refractivity contribution in [3.63, 3.8) is 0 Å². The molecule has 3 heterocycles. The van der Waals surface area contributed by atoms with E-state index in [1.807, 2.05) is 17.9 Å². The van der Waals surface area contributed by atoms with Crippen molar-refractivity contribution in [3.05, 3.63) is 47.2 Å². The van der Waals surface area contributed by atoms with Gasteiger partial charge in [0.05, 0.1) is 5.75 Å². The summed E-state index contributed by atoms with van der Waals surface area (Å²) in [4.78, 5) is 13.5. The van der Waals surface area contributed by atoms with Gasteiger partial charge in [-0.15, -0.1) is 0 Å². The quantitative estimate of drug-likeness (QED) is 0.715. The Morgan fingerprint density at radius 2 is 1.50 bits per heavy atom. The minimum absolute atomic E-state index is 0.104. The first kappa shape index (κ1) is 20.9. The summed E-state index contributed by atoms with van der Waals surface area (Å²) in [5.41, 5.74) is 0.984. The summed E-state index contributed by atoms with van der Waals surface area (Å²) < 4.78 is 53.6. The number of nitrogens with zero attached hydrogens (tertiary/aromatic N) is 5. The Hall–Kier alpha value is -2.33. The second kappa shape index (κ2) is 8.43. The predicted molar refractivity (Wildman–Crippen MR) is 111 cm³/mol. The highest BCUT2D eigenvalue weighted by Crippen LogP contribution is 2.23. The van der Waals surface area contributed by atoms with Crippen molar-refractivity contribution >= 4 is 21.8 Å². The number of anilines is 2. The highest BCUT2D eigenvalue weighted by molar-refractivity contribution is 7.88. The molecule has 0 spiro atoms. The molecule has 0 aliphatic carbocycles. The van der Waals surface area contributed by atoms with Crippen LogP contribution in [0, 0.1) is 18.6 Å². The average Bonchev–Trinajstić information content (AvgIpc) is 3.21. The Bertz CT molecular complexity index is 1000. The van der Waals surface area contributed by atoms with Crippen LogP contribution in [0.25, 0.3) is 0 Å². The summed E-state index contributed by atoms with van der Waals surface area (Å²) in [6.07, 6.45) is 2.31. The van der Waals surface area contributed by atoms with Gasteiger partial charge in [-0.25, -0.2) is 22.2 Å². The standard InChI is InChI=1S/C20H25F2N5O2S/c1-15-10-19(25-4-2-3-5-25)24-20(23-15)26-6-8-27(9-7-26)30(28,29)14-16-11-17(21)13-18(22)12-16/h10-13H,2-9,14H2,1H3. The maximum Gasteiger partial charge on any atom is 0.227 e. The summed E-state index contributed by atoms with van der Waals surface area (Å²) in [7, 11) is -3.68. The fourth-order valence-corrected chi connectivity index (χ4v) is 5.44. The van der Waals surface area contributed by atoms with Crippen molar-refractivity contribution in [1.29, 1.82) is 0 Å². The van der Waals surface area contributed by atoms with Gasteiger partial charge >= 0.3 is 0 Å². The van der Waals surface area contributed by atoms with Crippen LogP contribution in [0.1, 0.15) is 24.1 Å². The molecule has 2 aliphatic heterocycles. The van der Waals surface area contributed by atoms with Crippen LogP contribution in [0.5, 0.6) is 0 Å². The lowest BCUT2D eigenvalue weighted by Crippen LogP contribution is -2.49. The number of aromatic nitrogens is 2. The van der Waals surface area contributed by atoms with Crippen LogP contribution in [-0.2, 0) is 15.8 Å². The normalized spacial score (nSPS) is 18.2. The van der Waals surface area contributed by atoms with E-state index in [-0.39, 0.29) is 18.7 Å². The monoisotopic (exact) mass is 437 g/mol. The summed E-state index contributed by atoms with van der Waals surface area (Å²) >= 11 is 0. The number of hydrogen-bond acceptors (Lipinski definition) is 6. The number of rotatable bonds is 5. The first-order chi connectivity index (χ1) is 14.3. The van der Waals surface area contributed by atoms with E-state index in [9.17, 15) is 17.2 Å². The zero-order chi connectivity index (χ0) is 21.3. The van der Waals surface area contributed by atoms with Crippen LogP contribution in [-0.4, -0.2) is 62.0 Å². The molecular formula is C20H25F2N5O2S. The van der Waals surface area contributed by atoms with Gasteiger partial charge in [-0.2, -0.15) is 9.29 Å². The Morgan fingerprint density at radius 1 is 0.867 bits per heavy atom. The first-order valence-corrected chi connectivity index (χ1v) is 11.7. The van der Waals surface area contributed by atoms with E-state index >= 15 is 0 Å². The number of sulfonamides is 1. The molecule has 162 valence electrons. The zero-order valence-electron chi connectivity index (χ0n) is 16.9. The van der Waals surface area contributed by atoms with Gasteiger partial charge in [0.2, 0.25) is 16.0 Å². The van der Waals surface area contributed by atoms with Gasteiger partial charge in [-0.1, -0.05) is 0 Å². The topological polar surface area (TPSA) is 69.6 Å². The molecule has 0 saturated carbocycles. The fourth-order valence-electron chi connectivity index (χ4n) is 3.95. The van der Waals surface area contributed by atoms with E-state index in [2.05, 4.69) is 9.88 Å². The second-order valence-electron chi connectivity index (χ2n) is 7.78. The van der Waals surface area contributed by atoms with Gasteiger partial charge in [0.1, 0.15) is 17.5 Å². The minimum atomic E-state index is -3.68. The Morgan fingerprint density at radius 3 is 2.13 bits per heavy atom. The molecule has 4 rings (SSSR count). The van der Waals surface area contributed by atoms with E-state index in [1.54, 1.807) is 0 Å². The van der Waals surface area contributed by atoms with E-state index in [4.69, 9.17) is 4.98 Å². The number of hydrogen-bond donors (Lipinski definition) is 0. The van der Waals surface area contributed by atoms with Crippen molar-refractivity contribution in [3.8, 4) is 0 Å². The van der Waals surface area contributed by atoms with E-state index in [0.29, 0.717) is 19.0 Å². The highest BCUT2D eigenvalue weighted by Gasteiger charge is 2.29. The minimum Gasteiger partial charge on any atom is -0.356 e. The molecule has 0 unspecified atom stereocenters. The SMILES string of the molecule is Cc1cc(N2CCCC2)nc(N2CCN(S(=O)(=O)Cc3cc(F)cc(F)c3)CC2)n1. The van der Waals surface area contributed by atoms with E-state index < -0.39 is 27.4 Å². The highest BCUT2D eigenvalue weighted by atomic mass is 32.2. The van der Waals surface area contributed by atoms with Crippen molar-refractivity contribution in [1.82, 2.24) is 14.3 Å². The molecule has 10 heteroatoms. The molecule has 0 N–H and O–H groups in total. The number of piperazine rings is 1. The zero-order valence-corrected chi connectivity index (χ0v) is 17.7. The smallest absolute Gasteiger partial charge is 0.227 e. The summed E-state index contributed by atoms with van der Waals surface area (Å²) in [5.74, 6) is -0.466. The average molecular weight is 438 g/mol. The molecule has 0 atom stereocenters. The number of aryl methyl sites for hydroxylation is 1. The number of halogens is 2. The van der Waals surface area contributed by atoms with Crippen LogP contribution in [0.2, 0.25) is 0 Å². The van der Waals surface area contributed by atoms with Gasteiger partial charge in [0.15, 0.2) is 0 Å². The molecular weight excluding hydrogens is 412 g/mol. The molecule has 2 aliphatic rings. The molecule has 2 saturated heterocycles. The molecule has 1 aromatic heterocycles. The fraction of sp³-hybridized carbons (Fsp3) is 0.500. The molecule has 7 nitrogen and oxygen atoms in total. The third-order valence-electron chi connectivity index (χ3n) is 5.45. The van der Waals surface area contributed by atoms with Crippen LogP contribution < -0.4 is 9.80 Å². The largest absolute Gasteiger partial charge is 0.356 e. The molecule has 0 bridgehead atoms. The van der Waals surface area contributed by atoms with E-state index in [0.717, 1.165) is 55.6 Å². The molecule has 1 aromatic carbocycles. The maximum atomic E-state index is 13.4. The molecule has 2 aromatic rings. The van der Waals surface area contributed by atoms with Crippen molar-refractivity contribution in [2.45, 2.75) is 25.5 Å². The summed E-state index contributed by atoms with van der Waals surface area (Å²) in [6.45, 7) is 5.38. The van der Waals surface area contributed by atoms with Crippen molar-refractivity contribution < 1.29 is 17.2 Å². The van der Waals surface area contributed by atoms with Gasteiger partial charge in [-0.05, 0) is 37.5 Å². The molecule has 0 amide bonds. The lowest BCUT2D eigenvalue weighted by atomic mass is 10.2. The molecule has 30 heavy (non-hydrogen) atoms. The molecule has 0 radical (unpaired) electrons. The third-order valence-corrected chi connectivity index (χ3v) is 7.30. The van der Waals surface area contributed by atoms with Crippen molar-refractivity contribution in [2.24, 2.45) is 0 Å². The lowest BCUT2D eigenvalue weighted by molar-refractivity contribution is 0.382. The van der Waals surface area contributed by atoms with Crippen LogP contribution >= 0.6 is 0 Å². The Balaban J connectivity index is 1.43. The third kappa shape index (κ3) is 4.70. The van der Waals surface area contributed by atoms with Crippen molar-refractivity contribution in [2.75, 3.05) is 49.1 Å². The van der Waals surface area contributed by atoms with E-state index in [1.165, 1.54) is 4.31 Å². The van der Waals surface area contributed by atoms with Gasteiger partial charge in [0, 0.05) is 57.1 Å². The summed E-state index contributed by atoms with van der Waals surface area (Å²) in [5, 5.41) is 0. The Labute approximate surface area is 175 Å². The van der Waals surface area contributed by atoms with Gasteiger partial charge in [0.25, 0.3) is 0 Å². The predicted octanol–water partition coefficient (Wildman–Crippen LogP) is 2.32. The first-order valence-electron chi connectivity index (χ1n) is 10.1. The van der Waals surface area contributed by atoms with Crippen LogP contribution in [0.15, 0.2) is 24.3 Å². The van der Waals surface area contributed by atoms with Crippen LogP contribution in [0.3, 0.4) is 0 Å². The Kier molecular flexibility index (Phi) is 5.88. The van der Waals surface area contributed by atoms with Gasteiger partial charge < -0.3 is 9.80 Å². The maximum absolute atomic E-state index is 13.4.